The molecule has 12 heteroatoms. The van der Waals surface area contributed by atoms with E-state index in [1.165, 1.54) is 6.92 Å². The quantitative estimate of drug-likeness (QED) is 0.110. The van der Waals surface area contributed by atoms with E-state index in [1.54, 1.807) is 48.5 Å². The summed E-state index contributed by atoms with van der Waals surface area (Å²) < 4.78 is 26.6. The van der Waals surface area contributed by atoms with Crippen LogP contribution in [-0.2, 0) is 14.3 Å². The number of alkyl halides is 1. The van der Waals surface area contributed by atoms with Crippen molar-refractivity contribution in [1.82, 2.24) is 10.2 Å². The molecule has 1 fully saturated rings. The molecule has 0 radical (unpaired) electrons. The van der Waals surface area contributed by atoms with Crippen molar-refractivity contribution < 1.29 is 43.3 Å². The molecule has 0 spiro atoms. The van der Waals surface area contributed by atoms with E-state index in [0.717, 1.165) is 23.5 Å². The van der Waals surface area contributed by atoms with Crippen molar-refractivity contribution in [2.45, 2.75) is 57.0 Å². The maximum atomic E-state index is 14.9. The monoisotopic (exact) mass is 708 g/mol. The summed E-state index contributed by atoms with van der Waals surface area (Å²) in [5.41, 5.74) is -2.83. The van der Waals surface area contributed by atoms with Gasteiger partial charge in [0.1, 0.15) is 12.4 Å². The van der Waals surface area contributed by atoms with E-state index in [2.05, 4.69) is 5.32 Å². The molecule has 2 aliphatic heterocycles. The predicted molar refractivity (Wildman–Crippen MR) is 184 cm³/mol. The number of nitrogens with one attached hydrogen (secondary N) is 1. The lowest BCUT2D eigenvalue weighted by molar-refractivity contribution is -0.176. The zero-order valence-electron chi connectivity index (χ0n) is 27.9. The van der Waals surface area contributed by atoms with Crippen LogP contribution >= 0.6 is 11.6 Å². The topological polar surface area (TPSA) is 142 Å². The summed E-state index contributed by atoms with van der Waals surface area (Å²) >= 11 is 6.68. The maximum Gasteiger partial charge on any atom is 0.311 e. The number of fused-ring (bicyclic) bond motifs is 1. The van der Waals surface area contributed by atoms with Gasteiger partial charge in [-0.05, 0) is 55.7 Å². The van der Waals surface area contributed by atoms with Gasteiger partial charge in [-0.25, -0.2) is 4.39 Å². The van der Waals surface area contributed by atoms with Crippen molar-refractivity contribution >= 4 is 35.4 Å². The first-order valence-corrected chi connectivity index (χ1v) is 17.2. The summed E-state index contributed by atoms with van der Waals surface area (Å²) in [5.74, 6) is -4.02. The third-order valence-corrected chi connectivity index (χ3v) is 10.6. The number of imide groups is 1. The van der Waals surface area contributed by atoms with E-state index >= 15 is 0 Å². The number of unbranched alkanes of at least 4 members (excludes halogenated alkanes) is 3. The smallest absolute Gasteiger partial charge is 0.311 e. The van der Waals surface area contributed by atoms with Crippen molar-refractivity contribution in [3.8, 4) is 5.75 Å². The van der Waals surface area contributed by atoms with Gasteiger partial charge in [-0.2, -0.15) is 0 Å². The molecule has 0 aromatic heterocycles. The first-order valence-electron chi connectivity index (χ1n) is 16.8. The highest BCUT2D eigenvalue weighted by molar-refractivity contribution is 6.31. The summed E-state index contributed by atoms with van der Waals surface area (Å²) in [7, 11) is 0. The Morgan fingerprint density at radius 2 is 1.46 bits per heavy atom. The molecule has 2 aliphatic rings. The van der Waals surface area contributed by atoms with Crippen molar-refractivity contribution in [2.24, 2.45) is 10.8 Å². The van der Waals surface area contributed by atoms with Crippen LogP contribution in [0.5, 0.6) is 5.75 Å². The SMILES string of the molecule is CC1(C(=O)O)C(CF)NC(COCCN2C(=O)c3ccccc3C2=O)C(CCCCCCOc2ccccc2)(C(=O)O)C1c1ccccc1Cl. The molecule has 1 saturated heterocycles. The second-order valence-electron chi connectivity index (χ2n) is 13.0. The number of ether oxygens (including phenoxy) is 2. The highest BCUT2D eigenvalue weighted by Gasteiger charge is 2.67. The summed E-state index contributed by atoms with van der Waals surface area (Å²) in [6.45, 7) is 0.306. The zero-order valence-corrected chi connectivity index (χ0v) is 28.6. The van der Waals surface area contributed by atoms with E-state index in [1.807, 2.05) is 30.3 Å². The minimum Gasteiger partial charge on any atom is -0.494 e. The molecular weight excluding hydrogens is 667 g/mol. The third-order valence-electron chi connectivity index (χ3n) is 10.2. The number of carbonyl (C=O) groups is 4. The lowest BCUT2D eigenvalue weighted by Gasteiger charge is -2.57. The Bertz CT molecular complexity index is 1660. The number of carboxylic acid groups (broad SMARTS) is 2. The molecule has 5 atom stereocenters. The van der Waals surface area contributed by atoms with Gasteiger partial charge >= 0.3 is 11.9 Å². The van der Waals surface area contributed by atoms with Crippen LogP contribution in [0.1, 0.15) is 71.2 Å². The van der Waals surface area contributed by atoms with Crippen LogP contribution in [0.3, 0.4) is 0 Å². The number of aliphatic carboxylic acids is 2. The molecule has 2 heterocycles. The van der Waals surface area contributed by atoms with Gasteiger partial charge in [-0.3, -0.25) is 24.1 Å². The van der Waals surface area contributed by atoms with Gasteiger partial charge in [-0.15, -0.1) is 0 Å². The highest BCUT2D eigenvalue weighted by Crippen LogP contribution is 2.58. The van der Waals surface area contributed by atoms with Crippen molar-refractivity contribution in [3.05, 3.63) is 101 Å². The van der Waals surface area contributed by atoms with Crippen molar-refractivity contribution in [1.29, 1.82) is 0 Å². The summed E-state index contributed by atoms with van der Waals surface area (Å²) in [5, 5.41) is 25.1. The van der Waals surface area contributed by atoms with E-state index in [0.29, 0.717) is 36.1 Å². The van der Waals surface area contributed by atoms with Crippen LogP contribution in [0.25, 0.3) is 0 Å². The van der Waals surface area contributed by atoms with Gasteiger partial charge in [0.05, 0.1) is 54.4 Å². The second-order valence-corrected chi connectivity index (χ2v) is 13.4. The summed E-state index contributed by atoms with van der Waals surface area (Å²) in [6, 6.07) is 20.1. The van der Waals surface area contributed by atoms with Gasteiger partial charge in [0, 0.05) is 17.0 Å². The van der Waals surface area contributed by atoms with Crippen molar-refractivity contribution in [3.63, 3.8) is 0 Å². The third kappa shape index (κ3) is 7.12. The Balaban J connectivity index is 1.38. The van der Waals surface area contributed by atoms with E-state index in [4.69, 9.17) is 21.1 Å². The maximum absolute atomic E-state index is 14.9. The fourth-order valence-electron chi connectivity index (χ4n) is 7.56. The second kappa shape index (κ2) is 16.1. The zero-order chi connectivity index (χ0) is 35.9. The van der Waals surface area contributed by atoms with Crippen LogP contribution in [0, 0.1) is 10.8 Å². The Kier molecular flexibility index (Phi) is 11.9. The molecule has 2 amide bonds. The number of halogens is 2. The van der Waals surface area contributed by atoms with Crippen LogP contribution in [0.4, 0.5) is 4.39 Å². The fraction of sp³-hybridized carbons (Fsp3) is 0.421. The molecule has 10 nitrogen and oxygen atoms in total. The van der Waals surface area contributed by atoms with E-state index < -0.39 is 59.3 Å². The van der Waals surface area contributed by atoms with Crippen LogP contribution < -0.4 is 10.1 Å². The molecule has 0 bridgehead atoms. The summed E-state index contributed by atoms with van der Waals surface area (Å²) in [4.78, 5) is 53.7. The van der Waals surface area contributed by atoms with Crippen LogP contribution in [-0.4, -0.2) is 84.0 Å². The predicted octanol–water partition coefficient (Wildman–Crippen LogP) is 6.24. The first-order chi connectivity index (χ1) is 24.1. The number of carboxylic acids is 2. The largest absolute Gasteiger partial charge is 0.494 e. The Labute approximate surface area is 295 Å². The molecule has 266 valence electrons. The van der Waals surface area contributed by atoms with E-state index in [-0.39, 0.29) is 31.2 Å². The number of carbonyl (C=O) groups excluding carboxylic acids is 2. The van der Waals surface area contributed by atoms with Gasteiger partial charge in [0.25, 0.3) is 11.8 Å². The molecule has 5 unspecified atom stereocenters. The Morgan fingerprint density at radius 3 is 2.08 bits per heavy atom. The van der Waals surface area contributed by atoms with Gasteiger partial charge < -0.3 is 25.0 Å². The van der Waals surface area contributed by atoms with Gasteiger partial charge in [0.15, 0.2) is 0 Å². The molecular formula is C38H42ClFN2O8. The minimum absolute atomic E-state index is 0.0407. The molecule has 3 N–H and O–H groups in total. The minimum atomic E-state index is -1.92. The first kappa shape index (κ1) is 36.9. The number of benzene rings is 3. The van der Waals surface area contributed by atoms with Crippen molar-refractivity contribution in [2.75, 3.05) is 33.0 Å². The standard InChI is InChI=1S/C38H42ClFN2O8/c1-37(35(45)46)30(23-40)41-31(24-49-22-20-42-33(43)26-15-7-8-16-27(26)34(42)44)38(36(47)48,32(37)28-17-9-10-18-29(28)39)19-11-2-3-12-21-50-25-13-5-4-6-14-25/h4-10,13-18,30-32,41H,2-3,11-12,19-24H2,1H3,(H,45,46)(H,47,48). The van der Waals surface area contributed by atoms with Crippen LogP contribution in [0.15, 0.2) is 78.9 Å². The van der Waals surface area contributed by atoms with E-state index in [9.17, 15) is 33.8 Å². The number of para-hydroxylation sites is 1. The molecule has 3 aromatic carbocycles. The average Bonchev–Trinajstić information content (AvgIpc) is 3.35. The molecule has 0 aliphatic carbocycles. The number of hydrogen-bond donors (Lipinski definition) is 3. The molecule has 3 aromatic rings. The number of nitrogens with zero attached hydrogens (tertiary/aromatic N) is 1. The Morgan fingerprint density at radius 1 is 0.840 bits per heavy atom. The van der Waals surface area contributed by atoms with Gasteiger partial charge in [0.2, 0.25) is 0 Å². The number of piperidine rings is 1. The summed E-state index contributed by atoms with van der Waals surface area (Å²) in [6.07, 6.45) is 2.55. The molecule has 50 heavy (non-hydrogen) atoms. The Hall–Kier alpha value is -4.32. The number of amides is 2. The molecule has 5 rings (SSSR count). The number of rotatable bonds is 17. The lowest BCUT2D eigenvalue weighted by atomic mass is 9.50. The lowest BCUT2D eigenvalue weighted by Crippen LogP contribution is -2.72. The average molecular weight is 709 g/mol. The normalized spacial score (nSPS) is 24.6. The van der Waals surface area contributed by atoms with Crippen LogP contribution in [0.2, 0.25) is 5.02 Å². The highest BCUT2D eigenvalue weighted by atomic mass is 35.5. The molecule has 0 saturated carbocycles. The fourth-order valence-corrected chi connectivity index (χ4v) is 7.81. The number of hydrogen-bond acceptors (Lipinski definition) is 7. The van der Waals surface area contributed by atoms with Gasteiger partial charge in [-0.1, -0.05) is 79.4 Å².